The Kier molecular flexibility index (Phi) is 4.64. The number of rotatable bonds is 5. The Morgan fingerprint density at radius 1 is 1.24 bits per heavy atom. The molecule has 0 amide bonds. The van der Waals surface area contributed by atoms with Crippen LogP contribution in [0.1, 0.15) is 19.3 Å². The molecule has 17 heavy (non-hydrogen) atoms. The maximum Gasteiger partial charge on any atom is 0.157 e. The molecule has 1 atom stereocenters. The monoisotopic (exact) mass is 237 g/mol. The van der Waals surface area contributed by atoms with Gasteiger partial charge in [-0.3, -0.25) is 0 Å². The molecule has 1 aliphatic heterocycles. The van der Waals surface area contributed by atoms with Crippen molar-refractivity contribution in [2.45, 2.75) is 25.6 Å². The van der Waals surface area contributed by atoms with Gasteiger partial charge in [0.05, 0.1) is 12.3 Å². The maximum absolute atomic E-state index is 5.76. The molecule has 2 rings (SSSR count). The van der Waals surface area contributed by atoms with Crippen LogP contribution in [-0.2, 0) is 9.47 Å². The van der Waals surface area contributed by atoms with Crippen molar-refractivity contribution in [2.75, 3.05) is 25.6 Å². The minimum atomic E-state index is -0.0551. The fourth-order valence-corrected chi connectivity index (χ4v) is 1.79. The molecule has 0 radical (unpaired) electrons. The minimum Gasteiger partial charge on any atom is -0.489 e. The molecule has 1 fully saturated rings. The average molecular weight is 237 g/mol. The number of nitrogens with two attached hydrogens (primary N) is 1. The predicted molar refractivity (Wildman–Crippen MR) is 65.9 cm³/mol. The zero-order chi connectivity index (χ0) is 11.9. The zero-order valence-electron chi connectivity index (χ0n) is 9.93. The van der Waals surface area contributed by atoms with Gasteiger partial charge in [-0.15, -0.1) is 0 Å². The van der Waals surface area contributed by atoms with Gasteiger partial charge in [-0.05, 0) is 31.4 Å². The fourth-order valence-electron chi connectivity index (χ4n) is 1.79. The van der Waals surface area contributed by atoms with Crippen LogP contribution >= 0.6 is 0 Å². The molecular formula is C13H19NO3. The first-order chi connectivity index (χ1) is 8.36. The third kappa shape index (κ3) is 3.91. The molecule has 0 bridgehead atoms. The van der Waals surface area contributed by atoms with E-state index < -0.39 is 0 Å². The van der Waals surface area contributed by atoms with E-state index in [0.29, 0.717) is 24.7 Å². The summed E-state index contributed by atoms with van der Waals surface area (Å²) in [6, 6.07) is 7.46. The topological polar surface area (TPSA) is 53.7 Å². The fraction of sp³-hybridized carbons (Fsp3) is 0.538. The van der Waals surface area contributed by atoms with E-state index in [4.69, 9.17) is 19.9 Å². The number of benzene rings is 1. The smallest absolute Gasteiger partial charge is 0.157 e. The first kappa shape index (κ1) is 12.2. The lowest BCUT2D eigenvalue weighted by atomic mass is 10.2. The molecule has 1 saturated heterocycles. The number of ether oxygens (including phenoxy) is 3. The van der Waals surface area contributed by atoms with Crippen molar-refractivity contribution in [3.8, 4) is 5.75 Å². The van der Waals surface area contributed by atoms with Crippen molar-refractivity contribution in [1.82, 2.24) is 0 Å². The van der Waals surface area contributed by atoms with Gasteiger partial charge in [-0.1, -0.05) is 12.1 Å². The molecule has 0 aliphatic carbocycles. The number of hydrogen-bond donors (Lipinski definition) is 1. The van der Waals surface area contributed by atoms with E-state index in [-0.39, 0.29) is 6.29 Å². The van der Waals surface area contributed by atoms with Crippen LogP contribution in [0.2, 0.25) is 0 Å². The lowest BCUT2D eigenvalue weighted by molar-refractivity contribution is -0.165. The quantitative estimate of drug-likeness (QED) is 0.630. The van der Waals surface area contributed by atoms with E-state index in [1.165, 1.54) is 6.42 Å². The van der Waals surface area contributed by atoms with E-state index in [2.05, 4.69) is 0 Å². The van der Waals surface area contributed by atoms with E-state index in [1.807, 2.05) is 24.3 Å². The van der Waals surface area contributed by atoms with Gasteiger partial charge in [0, 0.05) is 6.61 Å². The van der Waals surface area contributed by atoms with Crippen LogP contribution < -0.4 is 10.5 Å². The second-order valence-corrected chi connectivity index (χ2v) is 4.05. The van der Waals surface area contributed by atoms with Crippen molar-refractivity contribution < 1.29 is 14.2 Å². The molecule has 0 aromatic heterocycles. The molecule has 94 valence electrons. The van der Waals surface area contributed by atoms with Crippen LogP contribution in [0.15, 0.2) is 24.3 Å². The van der Waals surface area contributed by atoms with Crippen LogP contribution in [-0.4, -0.2) is 26.1 Å². The molecule has 2 N–H and O–H groups in total. The Balaban J connectivity index is 1.64. The first-order valence-electron chi connectivity index (χ1n) is 6.07. The number of hydrogen-bond acceptors (Lipinski definition) is 4. The van der Waals surface area contributed by atoms with Crippen molar-refractivity contribution in [2.24, 2.45) is 0 Å². The van der Waals surface area contributed by atoms with Gasteiger partial charge in [-0.2, -0.15) is 0 Å². The van der Waals surface area contributed by atoms with E-state index in [1.54, 1.807) is 0 Å². The SMILES string of the molecule is Nc1ccccc1OCCOC1CCCCO1. The molecule has 4 nitrogen and oxygen atoms in total. The third-order valence-electron chi connectivity index (χ3n) is 2.70. The lowest BCUT2D eigenvalue weighted by Crippen LogP contribution is -2.24. The summed E-state index contributed by atoms with van der Waals surface area (Å²) < 4.78 is 16.5. The average Bonchev–Trinajstić information content (AvgIpc) is 2.38. The normalized spacial score (nSPS) is 20.1. The van der Waals surface area contributed by atoms with Gasteiger partial charge < -0.3 is 19.9 Å². The maximum atomic E-state index is 5.76. The highest BCUT2D eigenvalue weighted by Gasteiger charge is 2.13. The molecular weight excluding hydrogens is 218 g/mol. The largest absolute Gasteiger partial charge is 0.489 e. The van der Waals surface area contributed by atoms with Crippen molar-refractivity contribution in [3.05, 3.63) is 24.3 Å². The summed E-state index contributed by atoms with van der Waals surface area (Å²) in [5.41, 5.74) is 6.41. The summed E-state index contributed by atoms with van der Waals surface area (Å²) in [6.45, 7) is 1.82. The van der Waals surface area contributed by atoms with Gasteiger partial charge in [0.1, 0.15) is 12.4 Å². The Labute approximate surface area is 102 Å². The summed E-state index contributed by atoms with van der Waals surface area (Å²) in [6.07, 6.45) is 3.24. The summed E-state index contributed by atoms with van der Waals surface area (Å²) >= 11 is 0. The molecule has 1 heterocycles. The van der Waals surface area contributed by atoms with Gasteiger partial charge in [0.15, 0.2) is 6.29 Å². The van der Waals surface area contributed by atoms with Gasteiger partial charge >= 0.3 is 0 Å². The number of para-hydroxylation sites is 2. The van der Waals surface area contributed by atoms with Crippen molar-refractivity contribution in [1.29, 1.82) is 0 Å². The van der Waals surface area contributed by atoms with E-state index >= 15 is 0 Å². The predicted octanol–water partition coefficient (Wildman–Crippen LogP) is 2.19. The minimum absolute atomic E-state index is 0.0551. The Hall–Kier alpha value is -1.26. The van der Waals surface area contributed by atoms with Crippen LogP contribution in [0.25, 0.3) is 0 Å². The van der Waals surface area contributed by atoms with Crippen LogP contribution in [0.4, 0.5) is 5.69 Å². The van der Waals surface area contributed by atoms with Crippen molar-refractivity contribution in [3.63, 3.8) is 0 Å². The Morgan fingerprint density at radius 3 is 2.88 bits per heavy atom. The second-order valence-electron chi connectivity index (χ2n) is 4.05. The standard InChI is InChI=1S/C13H19NO3/c14-11-5-1-2-6-12(11)15-9-10-17-13-7-3-4-8-16-13/h1-2,5-6,13H,3-4,7-10,14H2. The zero-order valence-corrected chi connectivity index (χ0v) is 9.93. The van der Waals surface area contributed by atoms with Gasteiger partial charge in [0.2, 0.25) is 0 Å². The summed E-state index contributed by atoms with van der Waals surface area (Å²) in [4.78, 5) is 0. The van der Waals surface area contributed by atoms with Crippen molar-refractivity contribution >= 4 is 5.69 Å². The second kappa shape index (κ2) is 6.47. The van der Waals surface area contributed by atoms with Crippen LogP contribution in [0, 0.1) is 0 Å². The first-order valence-corrected chi connectivity index (χ1v) is 6.07. The van der Waals surface area contributed by atoms with Crippen LogP contribution in [0.3, 0.4) is 0 Å². The molecule has 1 aromatic rings. The third-order valence-corrected chi connectivity index (χ3v) is 2.70. The summed E-state index contributed by atoms with van der Waals surface area (Å²) in [5.74, 6) is 0.709. The molecule has 1 aliphatic rings. The highest BCUT2D eigenvalue weighted by atomic mass is 16.7. The van der Waals surface area contributed by atoms with Gasteiger partial charge in [-0.25, -0.2) is 0 Å². The summed E-state index contributed by atoms with van der Waals surface area (Å²) in [7, 11) is 0. The van der Waals surface area contributed by atoms with Crippen LogP contribution in [0.5, 0.6) is 5.75 Å². The van der Waals surface area contributed by atoms with E-state index in [0.717, 1.165) is 19.4 Å². The number of anilines is 1. The Bertz CT molecular complexity index is 337. The lowest BCUT2D eigenvalue weighted by Gasteiger charge is -2.22. The molecule has 1 aromatic carbocycles. The molecule has 4 heteroatoms. The highest BCUT2D eigenvalue weighted by Crippen LogP contribution is 2.19. The summed E-state index contributed by atoms with van der Waals surface area (Å²) in [5, 5.41) is 0. The number of nitrogen functional groups attached to an aromatic ring is 1. The van der Waals surface area contributed by atoms with Gasteiger partial charge in [0.25, 0.3) is 0 Å². The van der Waals surface area contributed by atoms with E-state index in [9.17, 15) is 0 Å². The molecule has 1 unspecified atom stereocenters. The Morgan fingerprint density at radius 2 is 2.12 bits per heavy atom. The highest BCUT2D eigenvalue weighted by molar-refractivity contribution is 5.51. The molecule has 0 saturated carbocycles. The molecule has 0 spiro atoms.